The molecule has 0 radical (unpaired) electrons. The monoisotopic (exact) mass is 306 g/mol. The van der Waals surface area contributed by atoms with Crippen LogP contribution in [0.2, 0.25) is 5.28 Å². The van der Waals surface area contributed by atoms with E-state index in [-0.39, 0.29) is 11.9 Å². The molecule has 1 saturated heterocycles. The molecule has 0 saturated carbocycles. The van der Waals surface area contributed by atoms with Gasteiger partial charge >= 0.3 is 6.18 Å². The second kappa shape index (κ2) is 5.81. The molecule has 20 heavy (non-hydrogen) atoms. The number of hydrogen-bond donors (Lipinski definition) is 1. The van der Waals surface area contributed by atoms with Crippen molar-refractivity contribution in [3.05, 3.63) is 17.0 Å². The number of alkyl halides is 3. The fraction of sp³-hybridized carbons (Fsp3) is 0.545. The van der Waals surface area contributed by atoms with Gasteiger partial charge in [0, 0.05) is 12.8 Å². The number of hydrogen-bond acceptors (Lipinski definition) is 5. The van der Waals surface area contributed by atoms with E-state index in [1.165, 1.54) is 0 Å². The zero-order valence-corrected chi connectivity index (χ0v) is 10.9. The van der Waals surface area contributed by atoms with Gasteiger partial charge in [-0.2, -0.15) is 18.4 Å². The minimum Gasteiger partial charge on any atom is -0.379 e. The van der Waals surface area contributed by atoms with Gasteiger partial charge in [-0.3, -0.25) is 0 Å². The van der Waals surface area contributed by atoms with Crippen molar-refractivity contribution in [1.29, 1.82) is 5.26 Å². The summed E-state index contributed by atoms with van der Waals surface area (Å²) in [5.41, 5.74) is -1.02. The first-order valence-electron chi connectivity index (χ1n) is 5.75. The van der Waals surface area contributed by atoms with E-state index in [1.54, 1.807) is 0 Å². The van der Waals surface area contributed by atoms with Crippen LogP contribution in [0.5, 0.6) is 0 Å². The van der Waals surface area contributed by atoms with E-state index in [1.807, 2.05) is 6.07 Å². The van der Waals surface area contributed by atoms with Crippen molar-refractivity contribution >= 4 is 17.4 Å². The smallest absolute Gasteiger partial charge is 0.379 e. The van der Waals surface area contributed by atoms with E-state index in [0.29, 0.717) is 19.2 Å². The molecule has 2 atom stereocenters. The first-order chi connectivity index (χ1) is 9.41. The van der Waals surface area contributed by atoms with Gasteiger partial charge in [0.25, 0.3) is 0 Å². The molecule has 1 N–H and O–H groups in total. The maximum atomic E-state index is 12.9. The Bertz CT molecular complexity index is 531. The average Bonchev–Trinajstić information content (AvgIpc) is 2.38. The average molecular weight is 307 g/mol. The largest absolute Gasteiger partial charge is 0.421 e. The lowest BCUT2D eigenvalue weighted by atomic mass is 9.96. The number of anilines is 1. The highest BCUT2D eigenvalue weighted by Crippen LogP contribution is 2.34. The lowest BCUT2D eigenvalue weighted by molar-refractivity contribution is -0.137. The minimum absolute atomic E-state index is 0.136. The molecule has 1 aromatic rings. The maximum Gasteiger partial charge on any atom is 0.421 e. The minimum atomic E-state index is -4.61. The lowest BCUT2D eigenvalue weighted by Gasteiger charge is -2.28. The molecule has 2 rings (SSSR count). The molecule has 0 aliphatic carbocycles. The predicted molar refractivity (Wildman–Crippen MR) is 64.0 cm³/mol. The van der Waals surface area contributed by atoms with E-state index in [2.05, 4.69) is 15.3 Å². The van der Waals surface area contributed by atoms with Gasteiger partial charge in [-0.1, -0.05) is 0 Å². The summed E-state index contributed by atoms with van der Waals surface area (Å²) in [6.45, 7) is 0.546. The number of halogens is 4. The van der Waals surface area contributed by atoms with Gasteiger partial charge in [0.2, 0.25) is 5.28 Å². The molecule has 2 heterocycles. The fourth-order valence-corrected chi connectivity index (χ4v) is 2.02. The summed E-state index contributed by atoms with van der Waals surface area (Å²) in [6, 6.07) is 1.48. The highest BCUT2D eigenvalue weighted by atomic mass is 35.5. The van der Waals surface area contributed by atoms with E-state index in [9.17, 15) is 13.2 Å². The van der Waals surface area contributed by atoms with Crippen LogP contribution < -0.4 is 5.32 Å². The predicted octanol–water partition coefficient (Wildman–Crippen LogP) is 2.49. The normalized spacial score (nSPS) is 23.1. The van der Waals surface area contributed by atoms with E-state index < -0.39 is 29.5 Å². The number of aromatic nitrogens is 2. The lowest BCUT2D eigenvalue weighted by Crippen LogP contribution is -2.38. The molecule has 5 nitrogen and oxygen atoms in total. The molecular weight excluding hydrogens is 297 g/mol. The third-order valence-corrected chi connectivity index (χ3v) is 3.09. The van der Waals surface area contributed by atoms with E-state index in [4.69, 9.17) is 21.6 Å². The fourth-order valence-electron chi connectivity index (χ4n) is 1.89. The van der Waals surface area contributed by atoms with Crippen molar-refractivity contribution in [2.75, 3.05) is 18.5 Å². The molecule has 0 spiro atoms. The molecule has 1 aliphatic heterocycles. The van der Waals surface area contributed by atoms with Crippen LogP contribution in [-0.4, -0.2) is 29.2 Å². The third-order valence-electron chi connectivity index (χ3n) is 2.91. The Morgan fingerprint density at radius 1 is 1.50 bits per heavy atom. The molecule has 1 aliphatic rings. The van der Waals surface area contributed by atoms with E-state index >= 15 is 0 Å². The standard InChI is InChI=1S/C11H10ClF3N4O/c12-10-17-4-7(11(13,14)15)9(19-10)18-8-5-20-2-1-6(8)3-16/h4,6,8H,1-2,5H2,(H,17,18,19)/t6?,8-/m0/s1. The first-order valence-corrected chi connectivity index (χ1v) is 6.13. The Balaban J connectivity index is 2.28. The van der Waals surface area contributed by atoms with Crippen LogP contribution in [0.15, 0.2) is 6.20 Å². The number of rotatable bonds is 2. The Kier molecular flexibility index (Phi) is 4.30. The molecule has 1 unspecified atom stereocenters. The molecule has 0 aromatic carbocycles. The van der Waals surface area contributed by atoms with Crippen LogP contribution >= 0.6 is 11.6 Å². The molecule has 0 bridgehead atoms. The van der Waals surface area contributed by atoms with Gasteiger partial charge in [-0.05, 0) is 18.0 Å². The zero-order valence-electron chi connectivity index (χ0n) is 10.1. The highest BCUT2D eigenvalue weighted by Gasteiger charge is 2.37. The molecular formula is C11H10ClF3N4O. The number of ether oxygens (including phenoxy) is 1. The summed E-state index contributed by atoms with van der Waals surface area (Å²) in [4.78, 5) is 6.90. The van der Waals surface area contributed by atoms with Crippen LogP contribution in [0.25, 0.3) is 0 Å². The summed E-state index contributed by atoms with van der Waals surface area (Å²) < 4.78 is 43.7. The van der Waals surface area contributed by atoms with Gasteiger partial charge in [0.15, 0.2) is 0 Å². The van der Waals surface area contributed by atoms with Crippen molar-refractivity contribution in [1.82, 2.24) is 9.97 Å². The SMILES string of the molecule is N#CC1CCOC[C@@H]1Nc1nc(Cl)ncc1C(F)(F)F. The molecule has 1 aromatic heterocycles. The van der Waals surface area contributed by atoms with Crippen molar-refractivity contribution in [3.8, 4) is 6.07 Å². The number of nitrogens with zero attached hydrogens (tertiary/aromatic N) is 3. The highest BCUT2D eigenvalue weighted by molar-refractivity contribution is 6.28. The molecule has 1 fully saturated rings. The first kappa shape index (κ1) is 14.8. The number of nitriles is 1. The van der Waals surface area contributed by atoms with Crippen LogP contribution in [0.4, 0.5) is 19.0 Å². The molecule has 9 heteroatoms. The Labute approximate surface area is 117 Å². The van der Waals surface area contributed by atoms with Crippen LogP contribution in [0.1, 0.15) is 12.0 Å². The molecule has 108 valence electrons. The van der Waals surface area contributed by atoms with Gasteiger partial charge in [-0.15, -0.1) is 0 Å². The third kappa shape index (κ3) is 3.29. The van der Waals surface area contributed by atoms with Gasteiger partial charge in [0.1, 0.15) is 11.4 Å². The van der Waals surface area contributed by atoms with Crippen LogP contribution in [0.3, 0.4) is 0 Å². The van der Waals surface area contributed by atoms with Gasteiger partial charge in [0.05, 0.1) is 24.6 Å². The Morgan fingerprint density at radius 2 is 2.25 bits per heavy atom. The maximum absolute atomic E-state index is 12.9. The number of nitrogens with one attached hydrogen (secondary N) is 1. The van der Waals surface area contributed by atoms with Crippen LogP contribution in [-0.2, 0) is 10.9 Å². The summed E-state index contributed by atoms with van der Waals surface area (Å²) in [7, 11) is 0. The quantitative estimate of drug-likeness (QED) is 0.850. The summed E-state index contributed by atoms with van der Waals surface area (Å²) in [5, 5.41) is 11.3. The second-order valence-corrected chi connectivity index (χ2v) is 4.59. The zero-order chi connectivity index (χ0) is 14.8. The molecule has 0 amide bonds. The summed E-state index contributed by atoms with van der Waals surface area (Å²) in [6.07, 6.45) is -3.54. The van der Waals surface area contributed by atoms with Crippen molar-refractivity contribution in [2.24, 2.45) is 5.92 Å². The summed E-state index contributed by atoms with van der Waals surface area (Å²) >= 11 is 5.53. The summed E-state index contributed by atoms with van der Waals surface area (Å²) in [5.74, 6) is -0.883. The van der Waals surface area contributed by atoms with Crippen molar-refractivity contribution in [2.45, 2.75) is 18.6 Å². The topological polar surface area (TPSA) is 70.8 Å². The van der Waals surface area contributed by atoms with Gasteiger partial charge in [-0.25, -0.2) is 9.97 Å². The van der Waals surface area contributed by atoms with Gasteiger partial charge < -0.3 is 10.1 Å². The van der Waals surface area contributed by atoms with Crippen molar-refractivity contribution in [3.63, 3.8) is 0 Å². The van der Waals surface area contributed by atoms with E-state index in [0.717, 1.165) is 0 Å². The Hall–Kier alpha value is -1.59. The Morgan fingerprint density at radius 3 is 2.90 bits per heavy atom. The van der Waals surface area contributed by atoms with Crippen molar-refractivity contribution < 1.29 is 17.9 Å². The second-order valence-electron chi connectivity index (χ2n) is 4.25. The van der Waals surface area contributed by atoms with Crippen LogP contribution in [0, 0.1) is 17.2 Å².